The maximum absolute atomic E-state index is 13.7. The zero-order valence-electron chi connectivity index (χ0n) is 10.6. The topological polar surface area (TPSA) is 68.0 Å². The molecular formula is C14H9F2N3O2. The highest BCUT2D eigenvalue weighted by Gasteiger charge is 2.11. The van der Waals surface area contributed by atoms with E-state index in [9.17, 15) is 13.6 Å². The number of aromatic nitrogens is 3. The van der Waals surface area contributed by atoms with Gasteiger partial charge in [0.05, 0.1) is 17.6 Å². The van der Waals surface area contributed by atoms with Crippen LogP contribution in [0.1, 0.15) is 15.9 Å². The molecule has 0 bridgehead atoms. The number of benzene rings is 2. The van der Waals surface area contributed by atoms with Crippen molar-refractivity contribution >= 4 is 17.0 Å². The first-order valence-electron chi connectivity index (χ1n) is 6.05. The van der Waals surface area contributed by atoms with Crippen LogP contribution in [-0.4, -0.2) is 26.1 Å². The van der Waals surface area contributed by atoms with E-state index in [2.05, 4.69) is 10.3 Å². The third kappa shape index (κ3) is 2.45. The van der Waals surface area contributed by atoms with Crippen molar-refractivity contribution in [2.45, 2.75) is 6.54 Å². The van der Waals surface area contributed by atoms with E-state index in [4.69, 9.17) is 5.11 Å². The minimum Gasteiger partial charge on any atom is -0.478 e. The molecule has 0 spiro atoms. The molecule has 1 N–H and O–H groups in total. The minimum absolute atomic E-state index is 0.0334. The largest absolute Gasteiger partial charge is 0.478 e. The smallest absolute Gasteiger partial charge is 0.335 e. The number of rotatable bonds is 3. The number of hydrogen-bond acceptors (Lipinski definition) is 3. The Labute approximate surface area is 117 Å². The van der Waals surface area contributed by atoms with E-state index < -0.39 is 17.6 Å². The summed E-state index contributed by atoms with van der Waals surface area (Å²) < 4.78 is 27.9. The first-order chi connectivity index (χ1) is 10.0. The summed E-state index contributed by atoms with van der Waals surface area (Å²) in [5, 5.41) is 16.7. The normalized spacial score (nSPS) is 11.0. The standard InChI is InChI=1S/C14H9F2N3O2/c15-10-3-1-9(11(16)6-10)7-19-13-5-8(14(20)21)2-4-12(13)17-18-19/h1-6H,7H2,(H,20,21). The average Bonchev–Trinajstić information content (AvgIpc) is 2.84. The predicted molar refractivity (Wildman–Crippen MR) is 69.9 cm³/mol. The molecule has 3 aromatic rings. The zero-order chi connectivity index (χ0) is 15.0. The maximum Gasteiger partial charge on any atom is 0.335 e. The number of carbonyl (C=O) groups is 1. The first-order valence-corrected chi connectivity index (χ1v) is 6.05. The quantitative estimate of drug-likeness (QED) is 0.804. The Hall–Kier alpha value is -2.83. The van der Waals surface area contributed by atoms with E-state index in [1.165, 1.54) is 28.9 Å². The van der Waals surface area contributed by atoms with Crippen LogP contribution in [0.25, 0.3) is 11.0 Å². The molecule has 1 heterocycles. The van der Waals surface area contributed by atoms with Crippen LogP contribution in [0.4, 0.5) is 8.78 Å². The lowest BCUT2D eigenvalue weighted by Gasteiger charge is -2.04. The molecule has 5 nitrogen and oxygen atoms in total. The first kappa shape index (κ1) is 13.2. The van der Waals surface area contributed by atoms with Crippen molar-refractivity contribution in [3.05, 3.63) is 59.2 Å². The number of halogens is 2. The predicted octanol–water partition coefficient (Wildman–Crippen LogP) is 2.46. The zero-order valence-corrected chi connectivity index (χ0v) is 10.6. The number of fused-ring (bicyclic) bond motifs is 1. The third-order valence-corrected chi connectivity index (χ3v) is 3.10. The van der Waals surface area contributed by atoms with Gasteiger partial charge in [-0.15, -0.1) is 5.10 Å². The summed E-state index contributed by atoms with van der Waals surface area (Å²) in [6, 6.07) is 7.63. The summed E-state index contributed by atoms with van der Waals surface area (Å²) in [6.07, 6.45) is 0. The van der Waals surface area contributed by atoms with Crippen LogP contribution in [0.3, 0.4) is 0 Å². The second-order valence-electron chi connectivity index (χ2n) is 4.49. The van der Waals surface area contributed by atoms with E-state index >= 15 is 0 Å². The highest BCUT2D eigenvalue weighted by Crippen LogP contribution is 2.17. The molecule has 0 saturated heterocycles. The summed E-state index contributed by atoms with van der Waals surface area (Å²) in [5.74, 6) is -2.42. The minimum atomic E-state index is -1.07. The van der Waals surface area contributed by atoms with E-state index in [1.807, 2.05) is 0 Å². The Morgan fingerprint density at radius 1 is 1.19 bits per heavy atom. The number of aromatic carboxylic acids is 1. The summed E-state index contributed by atoms with van der Waals surface area (Å²) in [5.41, 5.74) is 1.30. The van der Waals surface area contributed by atoms with Crippen molar-refractivity contribution in [2.75, 3.05) is 0 Å². The van der Waals surface area contributed by atoms with Crippen molar-refractivity contribution in [1.29, 1.82) is 0 Å². The van der Waals surface area contributed by atoms with Gasteiger partial charge in [-0.25, -0.2) is 18.3 Å². The Morgan fingerprint density at radius 2 is 2.00 bits per heavy atom. The number of hydrogen-bond donors (Lipinski definition) is 1. The van der Waals surface area contributed by atoms with Crippen molar-refractivity contribution in [1.82, 2.24) is 15.0 Å². The van der Waals surface area contributed by atoms with Gasteiger partial charge in [-0.3, -0.25) is 0 Å². The van der Waals surface area contributed by atoms with E-state index in [0.717, 1.165) is 12.1 Å². The molecule has 3 rings (SSSR count). The lowest BCUT2D eigenvalue weighted by atomic mass is 10.2. The molecule has 106 valence electrons. The number of carboxylic acids is 1. The fourth-order valence-corrected chi connectivity index (χ4v) is 2.03. The van der Waals surface area contributed by atoms with Crippen LogP contribution in [0.5, 0.6) is 0 Å². The number of nitrogens with zero attached hydrogens (tertiary/aromatic N) is 3. The Kier molecular flexibility index (Phi) is 3.09. The van der Waals surface area contributed by atoms with Gasteiger partial charge < -0.3 is 5.11 Å². The maximum atomic E-state index is 13.7. The lowest BCUT2D eigenvalue weighted by Crippen LogP contribution is -2.05. The lowest BCUT2D eigenvalue weighted by molar-refractivity contribution is 0.0697. The van der Waals surface area contributed by atoms with Gasteiger partial charge in [-0.2, -0.15) is 0 Å². The molecule has 0 fully saturated rings. The molecule has 0 amide bonds. The number of carboxylic acid groups (broad SMARTS) is 1. The van der Waals surface area contributed by atoms with Gasteiger partial charge in [0.15, 0.2) is 0 Å². The van der Waals surface area contributed by atoms with Crippen molar-refractivity contribution < 1.29 is 18.7 Å². The Balaban J connectivity index is 2.04. The van der Waals surface area contributed by atoms with Crippen LogP contribution in [-0.2, 0) is 6.54 Å². The average molecular weight is 289 g/mol. The monoisotopic (exact) mass is 289 g/mol. The van der Waals surface area contributed by atoms with Gasteiger partial charge in [0, 0.05) is 11.6 Å². The fourth-order valence-electron chi connectivity index (χ4n) is 2.03. The molecule has 0 aliphatic carbocycles. The molecule has 0 saturated carbocycles. The summed E-state index contributed by atoms with van der Waals surface area (Å²) >= 11 is 0. The van der Waals surface area contributed by atoms with Gasteiger partial charge in [0.1, 0.15) is 17.2 Å². The van der Waals surface area contributed by atoms with E-state index in [1.54, 1.807) is 0 Å². The molecule has 0 aliphatic rings. The molecular weight excluding hydrogens is 280 g/mol. The fraction of sp³-hybridized carbons (Fsp3) is 0.0714. The Bertz CT molecular complexity index is 845. The summed E-state index contributed by atoms with van der Waals surface area (Å²) in [7, 11) is 0. The van der Waals surface area contributed by atoms with Crippen LogP contribution in [0.2, 0.25) is 0 Å². The Morgan fingerprint density at radius 3 is 2.71 bits per heavy atom. The second-order valence-corrected chi connectivity index (χ2v) is 4.49. The molecule has 0 radical (unpaired) electrons. The van der Waals surface area contributed by atoms with Crippen LogP contribution >= 0.6 is 0 Å². The molecule has 0 unspecified atom stereocenters. The SMILES string of the molecule is O=C(O)c1ccc2nnn(Cc3ccc(F)cc3F)c2c1. The second kappa shape index (κ2) is 4.93. The van der Waals surface area contributed by atoms with Gasteiger partial charge in [-0.1, -0.05) is 11.3 Å². The molecule has 0 aliphatic heterocycles. The van der Waals surface area contributed by atoms with E-state index in [-0.39, 0.29) is 17.7 Å². The van der Waals surface area contributed by atoms with Gasteiger partial charge >= 0.3 is 5.97 Å². The van der Waals surface area contributed by atoms with Crippen molar-refractivity contribution in [3.63, 3.8) is 0 Å². The van der Waals surface area contributed by atoms with Crippen LogP contribution < -0.4 is 0 Å². The van der Waals surface area contributed by atoms with Gasteiger partial charge in [0.2, 0.25) is 0 Å². The summed E-state index contributed by atoms with van der Waals surface area (Å²) in [6.45, 7) is 0.0334. The van der Waals surface area contributed by atoms with Crippen molar-refractivity contribution in [3.8, 4) is 0 Å². The molecule has 1 aromatic heterocycles. The third-order valence-electron chi connectivity index (χ3n) is 3.10. The summed E-state index contributed by atoms with van der Waals surface area (Å²) in [4.78, 5) is 11.0. The highest BCUT2D eigenvalue weighted by molar-refractivity contribution is 5.92. The van der Waals surface area contributed by atoms with Gasteiger partial charge in [0.25, 0.3) is 0 Å². The molecule has 0 atom stereocenters. The molecule has 2 aromatic carbocycles. The van der Waals surface area contributed by atoms with Crippen LogP contribution in [0, 0.1) is 11.6 Å². The van der Waals surface area contributed by atoms with Crippen LogP contribution in [0.15, 0.2) is 36.4 Å². The van der Waals surface area contributed by atoms with Gasteiger partial charge in [-0.05, 0) is 24.3 Å². The van der Waals surface area contributed by atoms with Crippen molar-refractivity contribution in [2.24, 2.45) is 0 Å². The van der Waals surface area contributed by atoms with E-state index in [0.29, 0.717) is 11.0 Å². The highest BCUT2D eigenvalue weighted by atomic mass is 19.1. The molecule has 21 heavy (non-hydrogen) atoms. The molecule has 7 heteroatoms.